The Morgan fingerprint density at radius 1 is 1.23 bits per heavy atom. The van der Waals surface area contributed by atoms with Crippen molar-refractivity contribution < 1.29 is 22.4 Å². The van der Waals surface area contributed by atoms with E-state index in [1.807, 2.05) is 0 Å². The highest BCUT2D eigenvalue weighted by molar-refractivity contribution is 8.18. The molecule has 1 saturated carbocycles. The van der Waals surface area contributed by atoms with Crippen LogP contribution in [0, 0.1) is 5.92 Å². The molecule has 0 spiro atoms. The maximum atomic E-state index is 12.1. The molecule has 0 bridgehead atoms. The first kappa shape index (κ1) is 21.2. The number of aromatic nitrogens is 2. The first-order chi connectivity index (χ1) is 14.9. The number of thioether (sulfide) groups is 1. The van der Waals surface area contributed by atoms with E-state index in [1.165, 1.54) is 24.6 Å². The zero-order valence-electron chi connectivity index (χ0n) is 16.2. The Labute approximate surface area is 182 Å². The summed E-state index contributed by atoms with van der Waals surface area (Å²) >= 11 is 0.835. The first-order valence-corrected chi connectivity index (χ1v) is 11.8. The number of imide groups is 1. The molecule has 2 aromatic heterocycles. The summed E-state index contributed by atoms with van der Waals surface area (Å²) in [6.07, 6.45) is 9.08. The van der Waals surface area contributed by atoms with E-state index < -0.39 is 21.2 Å². The molecule has 0 unspecified atom stereocenters. The lowest BCUT2D eigenvalue weighted by Gasteiger charge is -2.27. The van der Waals surface area contributed by atoms with Crippen LogP contribution in [-0.4, -0.2) is 41.8 Å². The zero-order valence-corrected chi connectivity index (χ0v) is 17.9. The first-order valence-electron chi connectivity index (χ1n) is 9.57. The molecule has 2 aliphatic rings. The number of amides is 2. The summed E-state index contributed by atoms with van der Waals surface area (Å²) in [5.74, 6) is 0.0639. The number of hydrogen-bond acceptors (Lipinski definition) is 9. The topological polar surface area (TPSA) is 144 Å². The average Bonchev–Trinajstić information content (AvgIpc) is 3.39. The lowest BCUT2D eigenvalue weighted by molar-refractivity contribution is -0.115. The van der Waals surface area contributed by atoms with Crippen LogP contribution in [0.4, 0.5) is 10.7 Å². The Bertz CT molecular complexity index is 1140. The number of sulfonamides is 1. The number of nitrogens with one attached hydrogen (secondary N) is 2. The largest absolute Gasteiger partial charge is 0.451 e. The monoisotopic (exact) mass is 461 g/mol. The Morgan fingerprint density at radius 2 is 2.03 bits per heavy atom. The summed E-state index contributed by atoms with van der Waals surface area (Å²) in [6, 6.07) is 4.67. The molecule has 2 N–H and O–H groups in total. The highest BCUT2D eigenvalue weighted by Gasteiger charge is 2.25. The van der Waals surface area contributed by atoms with Crippen molar-refractivity contribution in [2.45, 2.75) is 36.8 Å². The zero-order chi connectivity index (χ0) is 21.8. The van der Waals surface area contributed by atoms with Gasteiger partial charge in [-0.3, -0.25) is 14.9 Å². The Morgan fingerprint density at radius 3 is 2.71 bits per heavy atom. The standard InChI is InChI=1S/C19H19N5O5S2/c25-17-15(30-19(26)24-17)10-14-7-8-20-18(23-14)22-13-5-3-12(4-6-13)11-21-31(27,28)16-2-1-9-29-16/h1-2,7-13H,3-6H2,(H,20,22,23)(H,24,25,26)/b15-10-,21-11+. The third-order valence-corrected chi connectivity index (χ3v) is 6.81. The van der Waals surface area contributed by atoms with Crippen molar-refractivity contribution in [2.24, 2.45) is 10.3 Å². The van der Waals surface area contributed by atoms with Gasteiger partial charge in [0.25, 0.3) is 11.1 Å². The van der Waals surface area contributed by atoms with E-state index in [9.17, 15) is 18.0 Å². The van der Waals surface area contributed by atoms with Gasteiger partial charge in [0.2, 0.25) is 11.0 Å². The Balaban J connectivity index is 1.32. The summed E-state index contributed by atoms with van der Waals surface area (Å²) in [5.41, 5.74) is 0.522. The highest BCUT2D eigenvalue weighted by Crippen LogP contribution is 2.27. The molecule has 2 amide bonds. The molecular weight excluding hydrogens is 442 g/mol. The van der Waals surface area contributed by atoms with Gasteiger partial charge >= 0.3 is 10.0 Å². The third-order valence-electron chi connectivity index (χ3n) is 4.86. The van der Waals surface area contributed by atoms with Crippen LogP contribution in [0.15, 0.2) is 49.5 Å². The van der Waals surface area contributed by atoms with Gasteiger partial charge in [0.15, 0.2) is 0 Å². The van der Waals surface area contributed by atoms with Crippen molar-refractivity contribution in [1.29, 1.82) is 0 Å². The van der Waals surface area contributed by atoms with E-state index in [0.717, 1.165) is 37.4 Å². The quantitative estimate of drug-likeness (QED) is 0.490. The number of carbonyl (C=O) groups is 2. The van der Waals surface area contributed by atoms with Gasteiger partial charge in [-0.05, 0) is 67.6 Å². The minimum absolute atomic E-state index is 0.0650. The average molecular weight is 462 g/mol. The van der Waals surface area contributed by atoms with Crippen LogP contribution in [0.5, 0.6) is 0 Å². The van der Waals surface area contributed by atoms with Crippen LogP contribution in [0.25, 0.3) is 6.08 Å². The van der Waals surface area contributed by atoms with Crippen LogP contribution < -0.4 is 10.6 Å². The fraction of sp³-hybridized carbons (Fsp3) is 0.316. The smallest absolute Gasteiger partial charge is 0.315 e. The van der Waals surface area contributed by atoms with Gasteiger partial charge in [-0.2, -0.15) is 12.8 Å². The van der Waals surface area contributed by atoms with Crippen LogP contribution in [-0.2, 0) is 14.8 Å². The maximum absolute atomic E-state index is 12.1. The minimum atomic E-state index is -3.79. The second-order valence-corrected chi connectivity index (χ2v) is 9.65. The molecule has 10 nitrogen and oxygen atoms in total. The number of nitrogens with zero attached hydrogens (tertiary/aromatic N) is 3. The van der Waals surface area contributed by atoms with Gasteiger partial charge < -0.3 is 9.73 Å². The molecule has 1 aliphatic heterocycles. The summed E-state index contributed by atoms with van der Waals surface area (Å²) < 4.78 is 32.8. The number of anilines is 1. The molecule has 2 aromatic rings. The molecular formula is C19H19N5O5S2. The Kier molecular flexibility index (Phi) is 6.18. The molecule has 2 fully saturated rings. The van der Waals surface area contributed by atoms with E-state index in [4.69, 9.17) is 4.42 Å². The van der Waals surface area contributed by atoms with E-state index in [0.29, 0.717) is 16.5 Å². The molecule has 1 saturated heterocycles. The molecule has 4 rings (SSSR count). The van der Waals surface area contributed by atoms with Gasteiger partial charge in [0, 0.05) is 18.5 Å². The highest BCUT2D eigenvalue weighted by atomic mass is 32.2. The number of furan rings is 1. The predicted molar refractivity (Wildman–Crippen MR) is 115 cm³/mol. The number of hydrogen-bond donors (Lipinski definition) is 2. The summed E-state index contributed by atoms with van der Waals surface area (Å²) in [4.78, 5) is 31.8. The van der Waals surface area contributed by atoms with Gasteiger partial charge in [-0.1, -0.05) is 0 Å². The lowest BCUT2D eigenvalue weighted by atomic mass is 9.87. The molecule has 12 heteroatoms. The second-order valence-electron chi connectivity index (χ2n) is 7.08. The van der Waals surface area contributed by atoms with E-state index >= 15 is 0 Å². The third kappa shape index (κ3) is 5.39. The van der Waals surface area contributed by atoms with E-state index in [-0.39, 0.29) is 17.1 Å². The van der Waals surface area contributed by atoms with Crippen LogP contribution in [0.2, 0.25) is 0 Å². The molecule has 0 radical (unpaired) electrons. The van der Waals surface area contributed by atoms with E-state index in [2.05, 4.69) is 25.0 Å². The lowest BCUT2D eigenvalue weighted by Crippen LogP contribution is -2.27. The molecule has 0 aromatic carbocycles. The number of carbonyl (C=O) groups excluding carboxylic acids is 2. The summed E-state index contributed by atoms with van der Waals surface area (Å²) in [7, 11) is -3.79. The Hall–Kier alpha value is -2.99. The van der Waals surface area contributed by atoms with Crippen molar-refractivity contribution >= 4 is 51.2 Å². The molecule has 31 heavy (non-hydrogen) atoms. The fourth-order valence-electron chi connectivity index (χ4n) is 3.30. The van der Waals surface area contributed by atoms with Gasteiger partial charge in [-0.15, -0.1) is 0 Å². The maximum Gasteiger partial charge on any atom is 0.315 e. The minimum Gasteiger partial charge on any atom is -0.451 e. The van der Waals surface area contributed by atoms with Crippen molar-refractivity contribution in [3.63, 3.8) is 0 Å². The van der Waals surface area contributed by atoms with Crippen LogP contribution in [0.1, 0.15) is 31.4 Å². The molecule has 3 heterocycles. The van der Waals surface area contributed by atoms with Crippen LogP contribution in [0.3, 0.4) is 0 Å². The normalized spacial score (nSPS) is 23.4. The summed E-state index contributed by atoms with van der Waals surface area (Å²) in [6.45, 7) is 0. The number of rotatable bonds is 6. The van der Waals surface area contributed by atoms with Crippen molar-refractivity contribution in [1.82, 2.24) is 15.3 Å². The molecule has 162 valence electrons. The van der Waals surface area contributed by atoms with Crippen molar-refractivity contribution in [3.05, 3.63) is 41.3 Å². The van der Waals surface area contributed by atoms with Gasteiger partial charge in [0.05, 0.1) is 16.9 Å². The SMILES string of the molecule is O=C1NC(=O)/C(=C/c2ccnc(NC3CCC(/C=N/S(=O)(=O)c4ccco4)CC3)n2)S1. The molecule has 1 aliphatic carbocycles. The van der Waals surface area contributed by atoms with Gasteiger partial charge in [-0.25, -0.2) is 9.97 Å². The summed E-state index contributed by atoms with van der Waals surface area (Å²) in [5, 5.41) is 4.92. The predicted octanol–water partition coefficient (Wildman–Crippen LogP) is 2.82. The van der Waals surface area contributed by atoms with Gasteiger partial charge in [0.1, 0.15) is 0 Å². The van der Waals surface area contributed by atoms with E-state index in [1.54, 1.807) is 18.3 Å². The second kappa shape index (κ2) is 9.02. The van der Waals surface area contributed by atoms with Crippen molar-refractivity contribution in [3.8, 4) is 0 Å². The fourth-order valence-corrected chi connectivity index (χ4v) is 4.83. The van der Waals surface area contributed by atoms with Crippen LogP contribution >= 0.6 is 11.8 Å². The van der Waals surface area contributed by atoms with Crippen molar-refractivity contribution in [2.75, 3.05) is 5.32 Å². The molecule has 0 atom stereocenters.